The van der Waals surface area contributed by atoms with Crippen LogP contribution < -0.4 is 4.74 Å². The molecule has 1 rings (SSSR count). The van der Waals surface area contributed by atoms with Gasteiger partial charge in [-0.25, -0.2) is 0 Å². The van der Waals surface area contributed by atoms with Crippen molar-refractivity contribution >= 4 is 5.91 Å². The summed E-state index contributed by atoms with van der Waals surface area (Å²) in [4.78, 5) is 12.8. The molecular formula is C12H17NO3. The maximum absolute atomic E-state index is 11.3. The summed E-state index contributed by atoms with van der Waals surface area (Å²) in [6.45, 7) is 1.37. The van der Waals surface area contributed by atoms with Crippen molar-refractivity contribution in [3.8, 4) is 5.75 Å². The van der Waals surface area contributed by atoms with Crippen LogP contribution in [0.25, 0.3) is 0 Å². The Morgan fingerprint density at radius 1 is 1.56 bits per heavy atom. The minimum absolute atomic E-state index is 0.0816. The van der Waals surface area contributed by atoms with E-state index in [-0.39, 0.29) is 18.6 Å². The van der Waals surface area contributed by atoms with E-state index >= 15 is 0 Å². The molecule has 0 radical (unpaired) electrons. The fourth-order valence-electron chi connectivity index (χ4n) is 1.52. The van der Waals surface area contributed by atoms with E-state index in [0.717, 1.165) is 5.56 Å². The number of hydrogen-bond donors (Lipinski definition) is 1. The van der Waals surface area contributed by atoms with Gasteiger partial charge in [-0.3, -0.25) is 4.79 Å². The zero-order chi connectivity index (χ0) is 12.1. The van der Waals surface area contributed by atoms with E-state index in [9.17, 15) is 9.90 Å². The number of likely N-dealkylation sites (N-methyl/N-ethyl adjacent to an activating group) is 1. The molecule has 1 amide bonds. The van der Waals surface area contributed by atoms with E-state index < -0.39 is 0 Å². The molecule has 0 heterocycles. The smallest absolute Gasteiger partial charge is 0.219 e. The quantitative estimate of drug-likeness (QED) is 0.834. The van der Waals surface area contributed by atoms with E-state index in [4.69, 9.17) is 4.74 Å². The number of aliphatic hydroxyl groups is 1. The van der Waals surface area contributed by atoms with Crippen molar-refractivity contribution in [1.82, 2.24) is 4.90 Å². The Balaban J connectivity index is 2.98. The number of aliphatic hydroxyl groups excluding tert-OH is 1. The first-order valence-electron chi connectivity index (χ1n) is 5.08. The molecule has 0 aromatic heterocycles. The molecule has 1 atom stereocenters. The lowest BCUT2D eigenvalue weighted by molar-refractivity contribution is -0.130. The SMILES string of the molecule is COc1cccc(C(CO)N(C)C(C)=O)c1. The number of carbonyl (C=O) groups is 1. The fraction of sp³-hybridized carbons (Fsp3) is 0.417. The summed E-state index contributed by atoms with van der Waals surface area (Å²) >= 11 is 0. The monoisotopic (exact) mass is 223 g/mol. The highest BCUT2D eigenvalue weighted by molar-refractivity contribution is 5.73. The Morgan fingerprint density at radius 2 is 2.25 bits per heavy atom. The summed E-state index contributed by atoms with van der Waals surface area (Å²) < 4.78 is 5.10. The van der Waals surface area contributed by atoms with Crippen LogP contribution in [0.1, 0.15) is 18.5 Å². The van der Waals surface area contributed by atoms with Crippen LogP contribution in [0.2, 0.25) is 0 Å². The standard InChI is InChI=1S/C12H17NO3/c1-9(15)13(2)12(8-14)10-5-4-6-11(7-10)16-3/h4-7,12,14H,8H2,1-3H3. The number of rotatable bonds is 4. The first kappa shape index (κ1) is 12.5. The van der Waals surface area contributed by atoms with Gasteiger partial charge in [0.1, 0.15) is 5.75 Å². The maximum atomic E-state index is 11.3. The number of benzene rings is 1. The van der Waals surface area contributed by atoms with Crippen LogP contribution in [0.4, 0.5) is 0 Å². The van der Waals surface area contributed by atoms with Crippen molar-refractivity contribution in [2.24, 2.45) is 0 Å². The van der Waals surface area contributed by atoms with Gasteiger partial charge in [0, 0.05) is 14.0 Å². The van der Waals surface area contributed by atoms with Gasteiger partial charge >= 0.3 is 0 Å². The van der Waals surface area contributed by atoms with Crippen molar-refractivity contribution in [3.05, 3.63) is 29.8 Å². The predicted octanol–water partition coefficient (Wildman–Crippen LogP) is 1.21. The van der Waals surface area contributed by atoms with E-state index in [1.54, 1.807) is 14.2 Å². The lowest BCUT2D eigenvalue weighted by Gasteiger charge is -2.26. The molecule has 1 unspecified atom stereocenters. The molecular weight excluding hydrogens is 206 g/mol. The molecule has 0 aliphatic carbocycles. The molecule has 0 aliphatic heterocycles. The highest BCUT2D eigenvalue weighted by atomic mass is 16.5. The van der Waals surface area contributed by atoms with Crippen LogP contribution in [0, 0.1) is 0 Å². The van der Waals surface area contributed by atoms with Crippen LogP contribution in [-0.4, -0.2) is 36.7 Å². The van der Waals surface area contributed by atoms with Crippen LogP contribution in [-0.2, 0) is 4.79 Å². The molecule has 0 bridgehead atoms. The largest absolute Gasteiger partial charge is 0.497 e. The van der Waals surface area contributed by atoms with Gasteiger partial charge in [-0.05, 0) is 17.7 Å². The van der Waals surface area contributed by atoms with E-state index in [0.29, 0.717) is 5.75 Å². The summed E-state index contributed by atoms with van der Waals surface area (Å²) in [6.07, 6.45) is 0. The molecule has 88 valence electrons. The van der Waals surface area contributed by atoms with Gasteiger partial charge in [0.15, 0.2) is 0 Å². The van der Waals surface area contributed by atoms with Crippen molar-refractivity contribution < 1.29 is 14.6 Å². The van der Waals surface area contributed by atoms with Crippen LogP contribution in [0.3, 0.4) is 0 Å². The third-order valence-electron chi connectivity index (χ3n) is 2.62. The number of nitrogens with zero attached hydrogens (tertiary/aromatic N) is 1. The van der Waals surface area contributed by atoms with Gasteiger partial charge < -0.3 is 14.7 Å². The van der Waals surface area contributed by atoms with Gasteiger partial charge in [-0.15, -0.1) is 0 Å². The van der Waals surface area contributed by atoms with Crippen molar-refractivity contribution in [1.29, 1.82) is 0 Å². The molecule has 0 fully saturated rings. The molecule has 4 heteroatoms. The van der Waals surface area contributed by atoms with Gasteiger partial charge in [0.25, 0.3) is 0 Å². The third-order valence-corrected chi connectivity index (χ3v) is 2.62. The zero-order valence-corrected chi connectivity index (χ0v) is 9.80. The summed E-state index contributed by atoms with van der Waals surface area (Å²) in [5, 5.41) is 9.33. The van der Waals surface area contributed by atoms with Gasteiger partial charge in [-0.2, -0.15) is 0 Å². The maximum Gasteiger partial charge on any atom is 0.219 e. The van der Waals surface area contributed by atoms with Crippen LogP contribution >= 0.6 is 0 Å². The second-order valence-electron chi connectivity index (χ2n) is 3.60. The molecule has 0 aliphatic rings. The summed E-state index contributed by atoms with van der Waals surface area (Å²) in [5.41, 5.74) is 0.861. The Labute approximate surface area is 95.5 Å². The van der Waals surface area contributed by atoms with Crippen molar-refractivity contribution in [3.63, 3.8) is 0 Å². The first-order chi connectivity index (χ1) is 7.60. The summed E-state index contributed by atoms with van der Waals surface area (Å²) in [7, 11) is 3.25. The van der Waals surface area contributed by atoms with Crippen molar-refractivity contribution in [2.45, 2.75) is 13.0 Å². The highest BCUT2D eigenvalue weighted by Crippen LogP contribution is 2.22. The lowest BCUT2D eigenvalue weighted by atomic mass is 10.1. The topological polar surface area (TPSA) is 49.8 Å². The van der Waals surface area contributed by atoms with Gasteiger partial charge in [-0.1, -0.05) is 12.1 Å². The molecule has 1 N–H and O–H groups in total. The highest BCUT2D eigenvalue weighted by Gasteiger charge is 2.18. The second kappa shape index (κ2) is 5.51. The van der Waals surface area contributed by atoms with Gasteiger partial charge in [0.05, 0.1) is 19.8 Å². The Hall–Kier alpha value is -1.55. The lowest BCUT2D eigenvalue weighted by Crippen LogP contribution is -2.31. The molecule has 4 nitrogen and oxygen atoms in total. The second-order valence-corrected chi connectivity index (χ2v) is 3.60. The van der Waals surface area contributed by atoms with Gasteiger partial charge in [0.2, 0.25) is 5.91 Å². The zero-order valence-electron chi connectivity index (χ0n) is 9.80. The number of carbonyl (C=O) groups excluding carboxylic acids is 1. The normalized spacial score (nSPS) is 12.0. The minimum Gasteiger partial charge on any atom is -0.497 e. The average molecular weight is 223 g/mol. The Kier molecular flexibility index (Phi) is 4.31. The number of ether oxygens (including phenoxy) is 1. The minimum atomic E-state index is -0.326. The summed E-state index contributed by atoms with van der Waals surface area (Å²) in [6, 6.07) is 7.02. The number of methoxy groups -OCH3 is 1. The fourth-order valence-corrected chi connectivity index (χ4v) is 1.52. The van der Waals surface area contributed by atoms with Crippen LogP contribution in [0.5, 0.6) is 5.75 Å². The molecule has 0 saturated heterocycles. The van der Waals surface area contributed by atoms with Crippen molar-refractivity contribution in [2.75, 3.05) is 20.8 Å². The van der Waals surface area contributed by atoms with E-state index in [1.807, 2.05) is 24.3 Å². The predicted molar refractivity (Wildman–Crippen MR) is 61.3 cm³/mol. The van der Waals surface area contributed by atoms with E-state index in [2.05, 4.69) is 0 Å². The number of amides is 1. The first-order valence-corrected chi connectivity index (χ1v) is 5.08. The van der Waals surface area contributed by atoms with E-state index in [1.165, 1.54) is 11.8 Å². The number of hydrogen-bond acceptors (Lipinski definition) is 3. The van der Waals surface area contributed by atoms with Crippen LogP contribution in [0.15, 0.2) is 24.3 Å². The Morgan fingerprint density at radius 3 is 2.75 bits per heavy atom. The average Bonchev–Trinajstić information content (AvgIpc) is 2.30. The molecule has 1 aromatic rings. The third kappa shape index (κ3) is 2.73. The molecule has 0 saturated carbocycles. The Bertz CT molecular complexity index is 365. The molecule has 1 aromatic carbocycles. The molecule has 16 heavy (non-hydrogen) atoms. The summed E-state index contributed by atoms with van der Waals surface area (Å²) in [5.74, 6) is 0.634. The molecule has 0 spiro atoms.